The van der Waals surface area contributed by atoms with Crippen LogP contribution in [0, 0.1) is 5.92 Å². The van der Waals surface area contributed by atoms with Crippen molar-refractivity contribution in [2.24, 2.45) is 5.92 Å². The van der Waals surface area contributed by atoms with Crippen LogP contribution in [0.1, 0.15) is 60.8 Å². The largest absolute Gasteiger partial charge is 0.340 e. The van der Waals surface area contributed by atoms with Crippen LogP contribution in [0.3, 0.4) is 0 Å². The SMILES string of the molecule is CCN(CC)C(=O)/C(C)=C/CC(C)CCC=C(C)C. The van der Waals surface area contributed by atoms with Gasteiger partial charge in [-0.2, -0.15) is 0 Å². The van der Waals surface area contributed by atoms with E-state index in [9.17, 15) is 4.79 Å². The predicted molar refractivity (Wildman–Crippen MR) is 84.1 cm³/mol. The van der Waals surface area contributed by atoms with Crippen LogP contribution in [0.25, 0.3) is 0 Å². The van der Waals surface area contributed by atoms with Crippen LogP contribution >= 0.6 is 0 Å². The molecule has 0 aliphatic rings. The van der Waals surface area contributed by atoms with Gasteiger partial charge in [0.15, 0.2) is 0 Å². The Morgan fingerprint density at radius 1 is 1.11 bits per heavy atom. The summed E-state index contributed by atoms with van der Waals surface area (Å²) in [7, 11) is 0. The predicted octanol–water partition coefficient (Wildman–Crippen LogP) is 4.57. The van der Waals surface area contributed by atoms with Gasteiger partial charge >= 0.3 is 0 Å². The Kier molecular flexibility index (Phi) is 9.28. The van der Waals surface area contributed by atoms with Gasteiger partial charge in [-0.05, 0) is 59.8 Å². The third-order valence-electron chi connectivity index (χ3n) is 3.43. The lowest BCUT2D eigenvalue weighted by molar-refractivity contribution is -0.126. The quantitative estimate of drug-likeness (QED) is 0.465. The summed E-state index contributed by atoms with van der Waals surface area (Å²) in [5.41, 5.74) is 2.27. The van der Waals surface area contributed by atoms with E-state index in [4.69, 9.17) is 0 Å². The Hall–Kier alpha value is -1.05. The standard InChI is InChI=1S/C17H31NO/c1-7-18(8-2)17(19)16(6)13-12-15(5)11-9-10-14(3)4/h10,13,15H,7-9,11-12H2,1-6H3/b16-13+. The molecule has 0 rings (SSSR count). The van der Waals surface area contributed by atoms with Crippen molar-refractivity contribution in [1.29, 1.82) is 0 Å². The van der Waals surface area contributed by atoms with Crippen molar-refractivity contribution in [3.63, 3.8) is 0 Å². The molecule has 2 heteroatoms. The van der Waals surface area contributed by atoms with E-state index in [0.717, 1.165) is 31.5 Å². The summed E-state index contributed by atoms with van der Waals surface area (Å²) in [5.74, 6) is 0.816. The van der Waals surface area contributed by atoms with Gasteiger partial charge in [0.25, 0.3) is 0 Å². The van der Waals surface area contributed by atoms with E-state index in [1.54, 1.807) is 0 Å². The summed E-state index contributed by atoms with van der Waals surface area (Å²) in [4.78, 5) is 13.9. The van der Waals surface area contributed by atoms with Crippen LogP contribution in [0.15, 0.2) is 23.3 Å². The lowest BCUT2D eigenvalue weighted by Gasteiger charge is -2.19. The van der Waals surface area contributed by atoms with Crippen molar-refractivity contribution < 1.29 is 4.79 Å². The lowest BCUT2D eigenvalue weighted by atomic mass is 9.99. The summed E-state index contributed by atoms with van der Waals surface area (Å²) in [6.45, 7) is 14.1. The molecule has 0 aliphatic carbocycles. The molecule has 2 nitrogen and oxygen atoms in total. The first-order valence-corrected chi connectivity index (χ1v) is 7.51. The van der Waals surface area contributed by atoms with Gasteiger partial charge in [0.1, 0.15) is 0 Å². The minimum absolute atomic E-state index is 0.182. The second-order valence-electron chi connectivity index (χ2n) is 5.56. The number of nitrogens with zero attached hydrogens (tertiary/aromatic N) is 1. The van der Waals surface area contributed by atoms with Crippen LogP contribution in [-0.4, -0.2) is 23.9 Å². The van der Waals surface area contributed by atoms with Gasteiger partial charge in [-0.3, -0.25) is 4.79 Å². The molecule has 0 aromatic rings. The highest BCUT2D eigenvalue weighted by Crippen LogP contribution is 2.14. The number of carbonyl (C=O) groups is 1. The number of likely N-dealkylation sites (N-methyl/N-ethyl adjacent to an activating group) is 1. The second-order valence-corrected chi connectivity index (χ2v) is 5.56. The van der Waals surface area contributed by atoms with Gasteiger partial charge < -0.3 is 4.90 Å². The monoisotopic (exact) mass is 265 g/mol. The molecule has 0 aromatic carbocycles. The zero-order chi connectivity index (χ0) is 14.8. The first-order valence-electron chi connectivity index (χ1n) is 7.51. The van der Waals surface area contributed by atoms with E-state index in [-0.39, 0.29) is 5.91 Å². The van der Waals surface area contributed by atoms with E-state index >= 15 is 0 Å². The number of hydrogen-bond donors (Lipinski definition) is 0. The van der Waals surface area contributed by atoms with Gasteiger partial charge in [0.05, 0.1) is 0 Å². The summed E-state index contributed by atoms with van der Waals surface area (Å²) < 4.78 is 0. The summed E-state index contributed by atoms with van der Waals surface area (Å²) in [6, 6.07) is 0. The molecule has 0 bridgehead atoms. The number of allylic oxidation sites excluding steroid dienone is 3. The van der Waals surface area contributed by atoms with Crippen LogP contribution in [0.4, 0.5) is 0 Å². The first-order chi connectivity index (χ1) is 8.92. The normalized spacial score (nSPS) is 13.1. The van der Waals surface area contributed by atoms with Crippen molar-refractivity contribution in [2.75, 3.05) is 13.1 Å². The summed E-state index contributed by atoms with van der Waals surface area (Å²) in [6.07, 6.45) is 7.71. The lowest BCUT2D eigenvalue weighted by Crippen LogP contribution is -2.31. The minimum atomic E-state index is 0.182. The third kappa shape index (κ3) is 7.86. The van der Waals surface area contributed by atoms with Gasteiger partial charge in [-0.15, -0.1) is 0 Å². The van der Waals surface area contributed by atoms with Crippen LogP contribution in [0.5, 0.6) is 0 Å². The van der Waals surface area contributed by atoms with Crippen molar-refractivity contribution in [1.82, 2.24) is 4.90 Å². The molecular formula is C17H31NO. The topological polar surface area (TPSA) is 20.3 Å². The van der Waals surface area contributed by atoms with Crippen molar-refractivity contribution in [2.45, 2.75) is 60.8 Å². The fourth-order valence-corrected chi connectivity index (χ4v) is 2.00. The Morgan fingerprint density at radius 3 is 2.16 bits per heavy atom. The van der Waals surface area contributed by atoms with Gasteiger partial charge in [-0.25, -0.2) is 0 Å². The van der Waals surface area contributed by atoms with Crippen LogP contribution in [-0.2, 0) is 4.79 Å². The summed E-state index contributed by atoms with van der Waals surface area (Å²) >= 11 is 0. The Balaban J connectivity index is 4.23. The highest BCUT2D eigenvalue weighted by Gasteiger charge is 2.11. The molecule has 0 fully saturated rings. The Bertz CT molecular complexity index is 320. The van der Waals surface area contributed by atoms with E-state index < -0.39 is 0 Å². The molecule has 0 heterocycles. The van der Waals surface area contributed by atoms with Crippen LogP contribution < -0.4 is 0 Å². The zero-order valence-corrected chi connectivity index (χ0v) is 13.6. The average molecular weight is 265 g/mol. The van der Waals surface area contributed by atoms with Crippen molar-refractivity contribution in [3.8, 4) is 0 Å². The molecule has 1 unspecified atom stereocenters. The average Bonchev–Trinajstić information content (AvgIpc) is 2.36. The maximum absolute atomic E-state index is 12.1. The molecule has 0 saturated carbocycles. The maximum atomic E-state index is 12.1. The van der Waals surface area contributed by atoms with E-state index in [2.05, 4.69) is 32.9 Å². The number of amides is 1. The molecule has 19 heavy (non-hydrogen) atoms. The summed E-state index contributed by atoms with van der Waals surface area (Å²) in [5, 5.41) is 0. The highest BCUT2D eigenvalue weighted by molar-refractivity contribution is 5.92. The van der Waals surface area contributed by atoms with E-state index in [1.165, 1.54) is 12.0 Å². The van der Waals surface area contributed by atoms with Gasteiger partial charge in [0, 0.05) is 18.7 Å². The fourth-order valence-electron chi connectivity index (χ4n) is 2.00. The minimum Gasteiger partial charge on any atom is -0.340 e. The Labute approximate surface area is 119 Å². The Morgan fingerprint density at radius 2 is 1.68 bits per heavy atom. The maximum Gasteiger partial charge on any atom is 0.249 e. The molecule has 0 N–H and O–H groups in total. The molecule has 0 spiro atoms. The smallest absolute Gasteiger partial charge is 0.249 e. The molecular weight excluding hydrogens is 234 g/mol. The number of hydrogen-bond acceptors (Lipinski definition) is 1. The highest BCUT2D eigenvalue weighted by atomic mass is 16.2. The molecule has 110 valence electrons. The molecule has 1 atom stereocenters. The third-order valence-corrected chi connectivity index (χ3v) is 3.43. The van der Waals surface area contributed by atoms with Crippen molar-refractivity contribution >= 4 is 5.91 Å². The first kappa shape index (κ1) is 17.9. The van der Waals surface area contributed by atoms with Crippen LogP contribution in [0.2, 0.25) is 0 Å². The fraction of sp³-hybridized carbons (Fsp3) is 0.706. The second kappa shape index (κ2) is 9.82. The molecule has 1 amide bonds. The van der Waals surface area contributed by atoms with Gasteiger partial charge in [-0.1, -0.05) is 24.6 Å². The van der Waals surface area contributed by atoms with E-state index in [0.29, 0.717) is 5.92 Å². The molecule has 0 aromatic heterocycles. The zero-order valence-electron chi connectivity index (χ0n) is 13.6. The number of rotatable bonds is 8. The number of carbonyl (C=O) groups excluding carboxylic acids is 1. The van der Waals surface area contributed by atoms with Gasteiger partial charge in [0.2, 0.25) is 5.91 Å². The van der Waals surface area contributed by atoms with E-state index in [1.807, 2.05) is 25.7 Å². The van der Waals surface area contributed by atoms with Crippen molar-refractivity contribution in [3.05, 3.63) is 23.3 Å². The molecule has 0 saturated heterocycles. The molecule has 0 aliphatic heterocycles. The molecule has 0 radical (unpaired) electrons.